The number of nitrogens with one attached hydrogen (secondary N) is 1. The van der Waals surface area contributed by atoms with E-state index in [0.717, 1.165) is 10.0 Å². The summed E-state index contributed by atoms with van der Waals surface area (Å²) in [7, 11) is 0. The number of anilines is 1. The second kappa shape index (κ2) is 6.38. The topological polar surface area (TPSA) is 42.2 Å². The third-order valence-electron chi connectivity index (χ3n) is 3.39. The molecule has 1 N–H and O–H groups in total. The first kappa shape index (κ1) is 15.5. The summed E-state index contributed by atoms with van der Waals surface area (Å²) < 4.78 is 19.6. The summed E-state index contributed by atoms with van der Waals surface area (Å²) in [6, 6.07) is 15.0. The van der Waals surface area contributed by atoms with E-state index in [2.05, 4.69) is 21.2 Å². The summed E-state index contributed by atoms with van der Waals surface area (Å²) in [6.07, 6.45) is 0. The van der Waals surface area contributed by atoms with Gasteiger partial charge < -0.3 is 9.73 Å². The highest BCUT2D eigenvalue weighted by molar-refractivity contribution is 9.10. The van der Waals surface area contributed by atoms with Crippen molar-refractivity contribution in [3.63, 3.8) is 0 Å². The lowest BCUT2D eigenvalue weighted by Gasteiger charge is -2.03. The van der Waals surface area contributed by atoms with Gasteiger partial charge in [0.1, 0.15) is 17.3 Å². The van der Waals surface area contributed by atoms with Gasteiger partial charge in [-0.15, -0.1) is 0 Å². The van der Waals surface area contributed by atoms with Crippen LogP contribution in [0.4, 0.5) is 10.1 Å². The van der Waals surface area contributed by atoms with Crippen molar-refractivity contribution < 1.29 is 13.6 Å². The quantitative estimate of drug-likeness (QED) is 0.666. The lowest BCUT2D eigenvalue weighted by Crippen LogP contribution is -2.11. The number of amides is 1. The van der Waals surface area contributed by atoms with Gasteiger partial charge in [0.15, 0.2) is 0 Å². The molecule has 1 heterocycles. The van der Waals surface area contributed by atoms with E-state index in [4.69, 9.17) is 4.42 Å². The molecule has 0 bridgehead atoms. The molecule has 0 saturated carbocycles. The maximum Gasteiger partial charge on any atom is 0.259 e. The van der Waals surface area contributed by atoms with E-state index >= 15 is 0 Å². The van der Waals surface area contributed by atoms with Crippen molar-refractivity contribution in [2.75, 3.05) is 5.32 Å². The van der Waals surface area contributed by atoms with E-state index in [9.17, 15) is 9.18 Å². The van der Waals surface area contributed by atoms with Gasteiger partial charge in [0, 0.05) is 15.7 Å². The van der Waals surface area contributed by atoms with Gasteiger partial charge in [0.2, 0.25) is 0 Å². The van der Waals surface area contributed by atoms with Crippen LogP contribution >= 0.6 is 15.9 Å². The molecule has 0 fully saturated rings. The van der Waals surface area contributed by atoms with Crippen LogP contribution in [0.1, 0.15) is 16.1 Å². The molecule has 5 heteroatoms. The van der Waals surface area contributed by atoms with E-state index in [1.165, 1.54) is 24.3 Å². The Kier molecular flexibility index (Phi) is 4.30. The Morgan fingerprint density at radius 2 is 1.74 bits per heavy atom. The number of hydrogen-bond donors (Lipinski definition) is 1. The number of aryl methyl sites for hydroxylation is 1. The minimum Gasteiger partial charge on any atom is -0.461 e. The second-order valence-electron chi connectivity index (χ2n) is 5.05. The molecule has 0 atom stereocenters. The molecule has 0 aliphatic rings. The van der Waals surface area contributed by atoms with Crippen LogP contribution in [0.2, 0.25) is 0 Å². The predicted molar refractivity (Wildman–Crippen MR) is 90.9 cm³/mol. The van der Waals surface area contributed by atoms with Crippen molar-refractivity contribution in [2.45, 2.75) is 6.92 Å². The maximum absolute atomic E-state index is 12.9. The summed E-state index contributed by atoms with van der Waals surface area (Å²) in [5.41, 5.74) is 1.87. The lowest BCUT2D eigenvalue weighted by molar-refractivity contribution is 0.102. The lowest BCUT2D eigenvalue weighted by atomic mass is 10.1. The molecule has 1 amide bonds. The van der Waals surface area contributed by atoms with E-state index in [1.807, 2.05) is 24.3 Å². The third-order valence-corrected chi connectivity index (χ3v) is 3.92. The number of carbonyl (C=O) groups is 1. The largest absolute Gasteiger partial charge is 0.461 e. The van der Waals surface area contributed by atoms with Gasteiger partial charge in [-0.25, -0.2) is 4.39 Å². The van der Waals surface area contributed by atoms with Crippen LogP contribution in [0.5, 0.6) is 0 Å². The van der Waals surface area contributed by atoms with E-state index < -0.39 is 0 Å². The highest BCUT2D eigenvalue weighted by atomic mass is 79.9. The molecule has 23 heavy (non-hydrogen) atoms. The Bertz CT molecular complexity index is 838. The van der Waals surface area contributed by atoms with Crippen LogP contribution in [0, 0.1) is 12.7 Å². The number of carbonyl (C=O) groups excluding carboxylic acids is 1. The van der Waals surface area contributed by atoms with Gasteiger partial charge in [0.25, 0.3) is 5.91 Å². The SMILES string of the molecule is Cc1oc(-c2ccc(Br)cc2)cc1C(=O)Nc1ccc(F)cc1. The Morgan fingerprint density at radius 3 is 2.39 bits per heavy atom. The zero-order valence-corrected chi connectivity index (χ0v) is 13.9. The molecule has 0 aliphatic heterocycles. The maximum atomic E-state index is 12.9. The van der Waals surface area contributed by atoms with Gasteiger partial charge in [-0.3, -0.25) is 4.79 Å². The summed E-state index contributed by atoms with van der Waals surface area (Å²) in [4.78, 5) is 12.3. The van der Waals surface area contributed by atoms with Crippen LogP contribution in [0.25, 0.3) is 11.3 Å². The van der Waals surface area contributed by atoms with Crippen molar-refractivity contribution >= 4 is 27.5 Å². The monoisotopic (exact) mass is 373 g/mol. The average Bonchev–Trinajstić information content (AvgIpc) is 2.92. The van der Waals surface area contributed by atoms with Crippen LogP contribution in [-0.2, 0) is 0 Å². The average molecular weight is 374 g/mol. The number of benzene rings is 2. The molecule has 0 saturated heterocycles. The molecular formula is C18H13BrFNO2. The first-order chi connectivity index (χ1) is 11.0. The minimum atomic E-state index is -0.347. The number of hydrogen-bond acceptors (Lipinski definition) is 2. The fourth-order valence-corrected chi connectivity index (χ4v) is 2.46. The van der Waals surface area contributed by atoms with E-state index in [0.29, 0.717) is 22.8 Å². The summed E-state index contributed by atoms with van der Waals surface area (Å²) in [6.45, 7) is 1.74. The Morgan fingerprint density at radius 1 is 1.09 bits per heavy atom. The Balaban J connectivity index is 1.84. The van der Waals surface area contributed by atoms with Gasteiger partial charge in [-0.2, -0.15) is 0 Å². The van der Waals surface area contributed by atoms with Crippen molar-refractivity contribution in [1.29, 1.82) is 0 Å². The Labute approximate surface area is 141 Å². The molecule has 0 spiro atoms. The molecule has 2 aromatic carbocycles. The van der Waals surface area contributed by atoms with Crippen molar-refractivity contribution in [3.8, 4) is 11.3 Å². The molecule has 3 nitrogen and oxygen atoms in total. The van der Waals surface area contributed by atoms with Crippen molar-refractivity contribution in [3.05, 3.63) is 76.2 Å². The number of rotatable bonds is 3. The highest BCUT2D eigenvalue weighted by Gasteiger charge is 2.16. The number of halogens is 2. The fraction of sp³-hybridized carbons (Fsp3) is 0.0556. The minimum absolute atomic E-state index is 0.291. The smallest absolute Gasteiger partial charge is 0.259 e. The third kappa shape index (κ3) is 3.51. The summed E-state index contributed by atoms with van der Waals surface area (Å²) in [5.74, 6) is 0.517. The zero-order chi connectivity index (χ0) is 16.4. The van der Waals surface area contributed by atoms with Crippen LogP contribution in [0.15, 0.2) is 63.5 Å². The number of furan rings is 1. The molecule has 0 aliphatic carbocycles. The summed E-state index contributed by atoms with van der Waals surface area (Å²) in [5, 5.41) is 2.73. The summed E-state index contributed by atoms with van der Waals surface area (Å²) >= 11 is 3.38. The van der Waals surface area contributed by atoms with Gasteiger partial charge in [0.05, 0.1) is 5.56 Å². The molecule has 3 aromatic rings. The fourth-order valence-electron chi connectivity index (χ4n) is 2.20. The molecular weight excluding hydrogens is 361 g/mol. The van der Waals surface area contributed by atoms with Gasteiger partial charge in [-0.1, -0.05) is 28.1 Å². The van der Waals surface area contributed by atoms with Crippen LogP contribution < -0.4 is 5.32 Å². The normalized spacial score (nSPS) is 10.6. The zero-order valence-electron chi connectivity index (χ0n) is 12.3. The molecule has 1 aromatic heterocycles. The Hall–Kier alpha value is -2.40. The second-order valence-corrected chi connectivity index (χ2v) is 5.96. The first-order valence-corrected chi connectivity index (χ1v) is 7.75. The van der Waals surface area contributed by atoms with E-state index in [-0.39, 0.29) is 11.7 Å². The standard InChI is InChI=1S/C18H13BrFNO2/c1-11-16(18(22)21-15-8-6-14(20)7-9-15)10-17(23-11)12-2-4-13(19)5-3-12/h2-10H,1H3,(H,21,22). The molecule has 0 radical (unpaired) electrons. The van der Waals surface area contributed by atoms with Crippen molar-refractivity contribution in [2.24, 2.45) is 0 Å². The van der Waals surface area contributed by atoms with Crippen LogP contribution in [-0.4, -0.2) is 5.91 Å². The van der Waals surface area contributed by atoms with Gasteiger partial charge >= 0.3 is 0 Å². The van der Waals surface area contributed by atoms with Crippen LogP contribution in [0.3, 0.4) is 0 Å². The van der Waals surface area contributed by atoms with E-state index in [1.54, 1.807) is 13.0 Å². The molecule has 116 valence electrons. The highest BCUT2D eigenvalue weighted by Crippen LogP contribution is 2.27. The first-order valence-electron chi connectivity index (χ1n) is 6.96. The van der Waals surface area contributed by atoms with Crippen molar-refractivity contribution in [1.82, 2.24) is 0 Å². The molecule has 3 rings (SSSR count). The molecule has 0 unspecified atom stereocenters. The van der Waals surface area contributed by atoms with Gasteiger partial charge in [-0.05, 0) is 49.4 Å². The predicted octanol–water partition coefficient (Wildman–Crippen LogP) is 5.41.